The molecule has 116 valence electrons. The molecule has 5 nitrogen and oxygen atoms in total. The molecule has 0 unspecified atom stereocenters. The van der Waals surface area contributed by atoms with Gasteiger partial charge < -0.3 is 15.2 Å². The van der Waals surface area contributed by atoms with E-state index in [1.807, 2.05) is 0 Å². The fourth-order valence-electron chi connectivity index (χ4n) is 3.57. The van der Waals surface area contributed by atoms with Crippen molar-refractivity contribution in [1.29, 1.82) is 0 Å². The van der Waals surface area contributed by atoms with Gasteiger partial charge in [0.2, 0.25) is 5.91 Å². The Hall–Kier alpha value is -0.650. The molecule has 2 rings (SSSR count). The number of ether oxygens (including phenoxy) is 1. The molecule has 2 fully saturated rings. The molecule has 1 saturated carbocycles. The smallest absolute Gasteiger partial charge is 0.246 e. The fraction of sp³-hybridized carbons (Fsp3) is 0.933. The Morgan fingerprint density at radius 1 is 1.30 bits per heavy atom. The first kappa shape index (κ1) is 15.7. The van der Waals surface area contributed by atoms with E-state index in [1.165, 1.54) is 39.2 Å². The van der Waals surface area contributed by atoms with Crippen molar-refractivity contribution in [3.63, 3.8) is 0 Å². The lowest BCUT2D eigenvalue weighted by Gasteiger charge is -2.43. The minimum atomic E-state index is -0.0820. The van der Waals surface area contributed by atoms with Crippen LogP contribution in [-0.4, -0.2) is 61.4 Å². The highest BCUT2D eigenvalue weighted by atomic mass is 16.5. The second-order valence-corrected chi connectivity index (χ2v) is 6.13. The van der Waals surface area contributed by atoms with Crippen LogP contribution in [0, 0.1) is 5.92 Å². The van der Waals surface area contributed by atoms with Crippen LogP contribution in [0.25, 0.3) is 0 Å². The van der Waals surface area contributed by atoms with Crippen molar-refractivity contribution < 1.29 is 14.6 Å². The zero-order valence-corrected chi connectivity index (χ0v) is 12.5. The highest BCUT2D eigenvalue weighted by Gasteiger charge is 2.33. The van der Waals surface area contributed by atoms with Crippen molar-refractivity contribution in [3.05, 3.63) is 0 Å². The van der Waals surface area contributed by atoms with Crippen LogP contribution in [0.4, 0.5) is 0 Å². The summed E-state index contributed by atoms with van der Waals surface area (Å²) in [4.78, 5) is 14.2. The van der Waals surface area contributed by atoms with Gasteiger partial charge in [0.05, 0.1) is 0 Å². The maximum absolute atomic E-state index is 11.7. The summed E-state index contributed by atoms with van der Waals surface area (Å²) in [5.74, 6) is 0.0945. The van der Waals surface area contributed by atoms with E-state index < -0.39 is 0 Å². The number of rotatable bonds is 5. The van der Waals surface area contributed by atoms with E-state index in [0.29, 0.717) is 6.04 Å². The van der Waals surface area contributed by atoms with Crippen LogP contribution in [-0.2, 0) is 9.53 Å². The van der Waals surface area contributed by atoms with E-state index in [4.69, 9.17) is 4.74 Å². The van der Waals surface area contributed by atoms with Gasteiger partial charge in [-0.2, -0.15) is 0 Å². The summed E-state index contributed by atoms with van der Waals surface area (Å²) < 4.78 is 4.87. The number of carbonyl (C=O) groups excluding carboxylic acids is 1. The Morgan fingerprint density at radius 3 is 2.70 bits per heavy atom. The minimum Gasteiger partial charge on any atom is -0.396 e. The van der Waals surface area contributed by atoms with Gasteiger partial charge in [-0.1, -0.05) is 19.3 Å². The van der Waals surface area contributed by atoms with Crippen LogP contribution >= 0.6 is 0 Å². The summed E-state index contributed by atoms with van der Waals surface area (Å²) >= 11 is 0. The van der Waals surface area contributed by atoms with Crippen LogP contribution < -0.4 is 5.32 Å². The van der Waals surface area contributed by atoms with Crippen molar-refractivity contribution in [2.75, 3.05) is 33.4 Å². The number of hydrogen-bond donors (Lipinski definition) is 2. The molecule has 1 heterocycles. The number of aliphatic hydroxyl groups is 1. The molecule has 1 aliphatic heterocycles. The van der Waals surface area contributed by atoms with Gasteiger partial charge >= 0.3 is 0 Å². The molecule has 0 aromatic carbocycles. The Morgan fingerprint density at radius 2 is 2.05 bits per heavy atom. The van der Waals surface area contributed by atoms with E-state index in [2.05, 4.69) is 10.2 Å². The number of piperidine rings is 1. The average Bonchev–Trinajstić information content (AvgIpc) is 2.48. The van der Waals surface area contributed by atoms with Crippen LogP contribution in [0.1, 0.15) is 38.5 Å². The maximum atomic E-state index is 11.7. The summed E-state index contributed by atoms with van der Waals surface area (Å²) in [6.07, 6.45) is 7.53. The monoisotopic (exact) mass is 284 g/mol. The number of methoxy groups -OCH3 is 1. The van der Waals surface area contributed by atoms with Gasteiger partial charge in [0.1, 0.15) is 6.61 Å². The zero-order chi connectivity index (χ0) is 14.4. The third-order valence-corrected chi connectivity index (χ3v) is 4.73. The number of hydrogen-bond acceptors (Lipinski definition) is 4. The van der Waals surface area contributed by atoms with E-state index in [1.54, 1.807) is 0 Å². The van der Waals surface area contributed by atoms with E-state index >= 15 is 0 Å². The van der Waals surface area contributed by atoms with Gasteiger partial charge in [-0.05, 0) is 25.8 Å². The summed E-state index contributed by atoms with van der Waals surface area (Å²) in [5.41, 5.74) is 0. The third-order valence-electron chi connectivity index (χ3n) is 4.73. The molecule has 0 aromatic heterocycles. The maximum Gasteiger partial charge on any atom is 0.246 e. The average molecular weight is 284 g/mol. The number of aliphatic hydroxyl groups excluding tert-OH is 1. The number of nitrogens with zero attached hydrogens (tertiary/aromatic N) is 1. The molecule has 1 aliphatic carbocycles. The lowest BCUT2D eigenvalue weighted by atomic mass is 9.88. The summed E-state index contributed by atoms with van der Waals surface area (Å²) in [6.45, 7) is 2.16. The van der Waals surface area contributed by atoms with Crippen LogP contribution in [0.2, 0.25) is 0 Å². The Kier molecular flexibility index (Phi) is 6.26. The molecular formula is C15H28N2O3. The van der Waals surface area contributed by atoms with Crippen molar-refractivity contribution >= 4 is 5.91 Å². The Bertz CT molecular complexity index is 305. The first-order valence-corrected chi connectivity index (χ1v) is 7.87. The highest BCUT2D eigenvalue weighted by molar-refractivity contribution is 5.77. The molecule has 2 aliphatic rings. The molecule has 0 radical (unpaired) electrons. The van der Waals surface area contributed by atoms with Crippen LogP contribution in [0.3, 0.4) is 0 Å². The van der Waals surface area contributed by atoms with Gasteiger partial charge in [0, 0.05) is 38.3 Å². The normalized spacial score (nSPS) is 29.3. The van der Waals surface area contributed by atoms with Crippen molar-refractivity contribution in [3.8, 4) is 0 Å². The predicted molar refractivity (Wildman–Crippen MR) is 77.4 cm³/mol. The molecule has 1 saturated heterocycles. The molecule has 5 heteroatoms. The van der Waals surface area contributed by atoms with E-state index in [-0.39, 0.29) is 31.1 Å². The summed E-state index contributed by atoms with van der Waals surface area (Å²) in [7, 11) is 1.53. The third kappa shape index (κ3) is 4.17. The van der Waals surface area contributed by atoms with Gasteiger partial charge in [0.15, 0.2) is 0 Å². The predicted octanol–water partition coefficient (Wildman–Crippen LogP) is 0.765. The van der Waals surface area contributed by atoms with Gasteiger partial charge in [-0.15, -0.1) is 0 Å². The highest BCUT2D eigenvalue weighted by Crippen LogP contribution is 2.27. The second-order valence-electron chi connectivity index (χ2n) is 6.13. The molecule has 0 spiro atoms. The number of likely N-dealkylation sites (tertiary alicyclic amines) is 1. The lowest BCUT2D eigenvalue weighted by Crippen LogP contribution is -2.56. The summed E-state index contributed by atoms with van der Waals surface area (Å²) in [5, 5.41) is 12.5. The fourth-order valence-corrected chi connectivity index (χ4v) is 3.57. The first-order chi connectivity index (χ1) is 9.74. The van der Waals surface area contributed by atoms with Crippen molar-refractivity contribution in [2.45, 2.75) is 50.6 Å². The number of carbonyl (C=O) groups is 1. The van der Waals surface area contributed by atoms with Crippen LogP contribution in [0.15, 0.2) is 0 Å². The largest absolute Gasteiger partial charge is 0.396 e. The van der Waals surface area contributed by atoms with Gasteiger partial charge in [-0.3, -0.25) is 9.69 Å². The lowest BCUT2D eigenvalue weighted by molar-refractivity contribution is -0.126. The molecular weight excluding hydrogens is 256 g/mol. The quantitative estimate of drug-likeness (QED) is 0.782. The number of amides is 1. The van der Waals surface area contributed by atoms with Crippen LogP contribution in [0.5, 0.6) is 0 Å². The summed E-state index contributed by atoms with van der Waals surface area (Å²) in [6, 6.07) is 0.726. The SMILES string of the molecule is COCC(=O)N[C@@H]1CN(C2CCCCC2)CC[C@@H]1CO. The van der Waals surface area contributed by atoms with E-state index in [0.717, 1.165) is 19.5 Å². The second kappa shape index (κ2) is 7.96. The van der Waals surface area contributed by atoms with E-state index in [9.17, 15) is 9.90 Å². The Balaban J connectivity index is 1.90. The van der Waals surface area contributed by atoms with Crippen molar-refractivity contribution in [2.24, 2.45) is 5.92 Å². The minimum absolute atomic E-state index is 0.0540. The number of nitrogens with one attached hydrogen (secondary N) is 1. The molecule has 20 heavy (non-hydrogen) atoms. The molecule has 1 amide bonds. The van der Waals surface area contributed by atoms with Crippen molar-refractivity contribution in [1.82, 2.24) is 10.2 Å². The standard InChI is InChI=1S/C15H28N2O3/c1-20-11-15(19)16-14-9-17(8-7-12(14)10-18)13-5-3-2-4-6-13/h12-14,18H,2-11H2,1H3,(H,16,19)/t12-,14-/m1/s1. The van der Waals surface area contributed by atoms with Gasteiger partial charge in [-0.25, -0.2) is 0 Å². The van der Waals surface area contributed by atoms with Gasteiger partial charge in [0.25, 0.3) is 0 Å². The first-order valence-electron chi connectivity index (χ1n) is 7.87. The molecule has 0 aromatic rings. The zero-order valence-electron chi connectivity index (χ0n) is 12.5. The molecule has 0 bridgehead atoms. The molecule has 2 atom stereocenters. The Labute approximate surface area is 121 Å². The molecule has 2 N–H and O–H groups in total. The topological polar surface area (TPSA) is 61.8 Å².